The summed E-state index contributed by atoms with van der Waals surface area (Å²) in [7, 11) is -8.68. The first-order chi connectivity index (χ1) is 42.9. The van der Waals surface area contributed by atoms with Crippen LogP contribution in [0.1, 0.15) is 285 Å². The molecule has 0 aromatic rings. The van der Waals surface area contributed by atoms with E-state index >= 15 is 0 Å². The van der Waals surface area contributed by atoms with E-state index in [1.165, 1.54) is 64.9 Å². The van der Waals surface area contributed by atoms with E-state index in [2.05, 4.69) is 57.1 Å². The lowest BCUT2D eigenvalue weighted by Gasteiger charge is -2.49. The Morgan fingerprint density at radius 2 is 0.955 bits per heavy atom. The summed E-state index contributed by atoms with van der Waals surface area (Å²) in [4.78, 5) is 78.0. The SMILES string of the molecule is C=C(CCCCCCCCCCC)CC(=O)N[C@H]1[C@H](OP(=O)([O-])[O-])O[C@H](CO[C@@H]2O[C@H](COC)[C@@H](OP(=O)([O-])[O-])[C@H](OCC[C@@H](CCCCCCC)OC)[C@H]2NC(=O)CCCCCCCCC/C=C\CCCCCC)[C@@H](O)[C@@H]1OCCCCCCCCCC. The first-order valence-corrected chi connectivity index (χ1v) is 38.0. The molecule has 0 unspecified atom stereocenters. The van der Waals surface area contributed by atoms with Gasteiger partial charge in [-0.1, -0.05) is 232 Å². The summed E-state index contributed by atoms with van der Waals surface area (Å²) in [5, 5.41) is 18.0. The molecule has 2 rings (SSSR count). The van der Waals surface area contributed by atoms with Gasteiger partial charge in [0.15, 0.2) is 12.6 Å². The van der Waals surface area contributed by atoms with Gasteiger partial charge in [-0.15, -0.1) is 0 Å². The van der Waals surface area contributed by atoms with Crippen molar-refractivity contribution in [1.82, 2.24) is 10.6 Å². The predicted octanol–water partition coefficient (Wildman–Crippen LogP) is 12.1. The lowest BCUT2D eigenvalue weighted by Crippen LogP contribution is -2.68. The normalized spacial score (nSPS) is 22.9. The number of methoxy groups -OCH3 is 2. The van der Waals surface area contributed by atoms with E-state index in [1.54, 1.807) is 7.11 Å². The van der Waals surface area contributed by atoms with Crippen LogP contribution in [0.5, 0.6) is 0 Å². The van der Waals surface area contributed by atoms with Gasteiger partial charge >= 0.3 is 0 Å². The molecule has 2 aliphatic rings. The van der Waals surface area contributed by atoms with Gasteiger partial charge in [0.2, 0.25) is 11.8 Å². The zero-order valence-corrected chi connectivity index (χ0v) is 57.9. The molecule has 524 valence electrons. The molecule has 2 aliphatic heterocycles. The maximum Gasteiger partial charge on any atom is 0.224 e. The fourth-order valence-electron chi connectivity index (χ4n) is 11.8. The minimum atomic E-state index is -5.85. The molecule has 2 heterocycles. The summed E-state index contributed by atoms with van der Waals surface area (Å²) in [5.74, 6) is -1.02. The van der Waals surface area contributed by atoms with Crippen LogP contribution in [0.2, 0.25) is 0 Å². The first-order valence-electron chi connectivity index (χ1n) is 35.1. The first kappa shape index (κ1) is 83.4. The number of ether oxygens (including phenoxy) is 7. The second kappa shape index (κ2) is 52.6. The van der Waals surface area contributed by atoms with Crippen molar-refractivity contribution in [2.24, 2.45) is 0 Å². The van der Waals surface area contributed by atoms with Crippen molar-refractivity contribution >= 4 is 27.5 Å². The van der Waals surface area contributed by atoms with E-state index in [-0.39, 0.29) is 38.8 Å². The van der Waals surface area contributed by atoms with Crippen molar-refractivity contribution in [3.05, 3.63) is 24.3 Å². The van der Waals surface area contributed by atoms with Crippen LogP contribution in [0, 0.1) is 0 Å². The van der Waals surface area contributed by atoms with Crippen LogP contribution in [-0.2, 0) is 60.9 Å². The Hall–Kier alpha value is -1.68. The average molecular weight is 1310 g/mol. The number of hydrogen-bond acceptors (Lipinski definition) is 18. The van der Waals surface area contributed by atoms with Crippen molar-refractivity contribution in [3.63, 3.8) is 0 Å². The molecule has 2 fully saturated rings. The molecule has 0 bridgehead atoms. The smallest absolute Gasteiger partial charge is 0.224 e. The van der Waals surface area contributed by atoms with Gasteiger partial charge in [0, 0.05) is 40.3 Å². The largest absolute Gasteiger partial charge is 0.790 e. The summed E-state index contributed by atoms with van der Waals surface area (Å²) in [6.07, 6.45) is 30.5. The number of phosphoric ester groups is 2. The third-order valence-corrected chi connectivity index (χ3v) is 17.9. The molecule has 0 spiro atoms. The highest BCUT2D eigenvalue weighted by molar-refractivity contribution is 7.43. The summed E-state index contributed by atoms with van der Waals surface area (Å²) >= 11 is 0. The fraction of sp³-hybridized carbons (Fsp3) is 0.910. The Kier molecular flexibility index (Phi) is 49.3. The highest BCUT2D eigenvalue weighted by Gasteiger charge is 2.52. The number of carbonyl (C=O) groups excluding carboxylic acids is 2. The molecule has 0 radical (unpaired) electrons. The van der Waals surface area contributed by atoms with Gasteiger partial charge < -0.3 is 86.6 Å². The molecule has 2 amide bonds. The van der Waals surface area contributed by atoms with Gasteiger partial charge in [0.05, 0.1) is 35.0 Å². The second-order valence-corrected chi connectivity index (χ2v) is 27.2. The van der Waals surface area contributed by atoms with Crippen LogP contribution >= 0.6 is 15.6 Å². The summed E-state index contributed by atoms with van der Waals surface area (Å²) in [6, 6.07) is -2.87. The highest BCUT2D eigenvalue weighted by Crippen LogP contribution is 2.39. The minimum absolute atomic E-state index is 0.0281. The monoisotopic (exact) mass is 1310 g/mol. The van der Waals surface area contributed by atoms with Crippen molar-refractivity contribution < 1.29 is 85.6 Å². The van der Waals surface area contributed by atoms with E-state index in [9.17, 15) is 43.4 Å². The Bertz CT molecular complexity index is 1890. The third-order valence-electron chi connectivity index (χ3n) is 16.9. The van der Waals surface area contributed by atoms with Crippen LogP contribution in [0.3, 0.4) is 0 Å². The predicted molar refractivity (Wildman–Crippen MR) is 342 cm³/mol. The molecule has 0 saturated carbocycles. The van der Waals surface area contributed by atoms with E-state index < -0.39 is 95.4 Å². The number of allylic oxidation sites excluding steroid dienone is 2. The van der Waals surface area contributed by atoms with E-state index in [0.29, 0.717) is 31.3 Å². The molecule has 20 nitrogen and oxygen atoms in total. The molecular weight excluding hydrogens is 1180 g/mol. The molecule has 0 aromatic carbocycles. The number of rotatable bonds is 59. The molecule has 0 aromatic heterocycles. The summed E-state index contributed by atoms with van der Waals surface area (Å²) < 4.78 is 78.3. The Balaban J connectivity index is 2.45. The molecule has 2 saturated heterocycles. The standard InChI is InChI=1S/C67H128N2O18P2/c1-8-12-16-20-23-26-27-28-29-30-31-33-35-39-43-47-58(70)68-61-65(82-50-48-55(80-7)46-42-37-19-15-11-4)63(86-88(73,74)75)57(52-79-6)85-66(61)83-53-56-62(72)64(81-49-44-40-36-25-22-18-14-10-3)60(67(84-56)87-89(76,77)78)69-59(71)51-54(5)45-41-38-34-32-24-21-17-13-9-2/h26-27,55-57,60-67,72H,5,8-25,28-53H2,1-4,6-7H3,(H,68,70)(H,69,71)(H2,73,74,75)(H2,76,77,78)/p-4/b27-26-/t55-,56-,57-,60-,61-,62-,63-,64-,65-,66-,67+/m1/s1. The van der Waals surface area contributed by atoms with Crippen LogP contribution in [0.15, 0.2) is 24.3 Å². The minimum Gasteiger partial charge on any atom is -0.790 e. The molecule has 89 heavy (non-hydrogen) atoms. The maximum absolute atomic E-state index is 14.1. The van der Waals surface area contributed by atoms with Crippen LogP contribution in [0.4, 0.5) is 0 Å². The molecule has 22 heteroatoms. The van der Waals surface area contributed by atoms with Gasteiger partial charge in [0.25, 0.3) is 0 Å². The van der Waals surface area contributed by atoms with Crippen LogP contribution < -0.4 is 30.2 Å². The summed E-state index contributed by atoms with van der Waals surface area (Å²) in [6.45, 7) is 11.9. The van der Waals surface area contributed by atoms with Crippen molar-refractivity contribution in [3.8, 4) is 0 Å². The van der Waals surface area contributed by atoms with E-state index in [1.807, 2.05) is 0 Å². The van der Waals surface area contributed by atoms with Gasteiger partial charge in [-0.3, -0.25) is 9.59 Å². The number of phosphoric acid groups is 2. The fourth-order valence-corrected chi connectivity index (χ4v) is 12.8. The van der Waals surface area contributed by atoms with Crippen molar-refractivity contribution in [2.45, 2.75) is 352 Å². The number of aliphatic hydroxyl groups is 1. The molecular formula is C67H124N2O18P2-4. The van der Waals surface area contributed by atoms with Gasteiger partial charge in [-0.05, 0) is 64.2 Å². The Labute approximate surface area is 538 Å². The van der Waals surface area contributed by atoms with Gasteiger partial charge in [-0.2, -0.15) is 0 Å². The molecule has 3 N–H and O–H groups in total. The highest BCUT2D eigenvalue weighted by atomic mass is 31.2. The number of amides is 2. The molecule has 11 atom stereocenters. The van der Waals surface area contributed by atoms with Crippen LogP contribution in [0.25, 0.3) is 0 Å². The zero-order valence-electron chi connectivity index (χ0n) is 56.1. The van der Waals surface area contributed by atoms with E-state index in [0.717, 1.165) is 161 Å². The topological polar surface area (TPSA) is 288 Å². The number of nitrogens with one attached hydrogen (secondary N) is 2. The third kappa shape index (κ3) is 41.0. The van der Waals surface area contributed by atoms with Gasteiger partial charge in [-0.25, -0.2) is 0 Å². The maximum atomic E-state index is 14.1. The van der Waals surface area contributed by atoms with Crippen molar-refractivity contribution in [1.29, 1.82) is 0 Å². The number of carbonyl (C=O) groups is 2. The number of hydrogen-bond donors (Lipinski definition) is 3. The zero-order chi connectivity index (χ0) is 65.4. The average Bonchev–Trinajstić information content (AvgIpc) is 1.77. The van der Waals surface area contributed by atoms with Crippen LogP contribution in [-0.4, -0.2) is 125 Å². The second-order valence-electron chi connectivity index (χ2n) is 25.0. The van der Waals surface area contributed by atoms with E-state index in [4.69, 9.17) is 42.2 Å². The molecule has 0 aliphatic carbocycles. The quantitative estimate of drug-likeness (QED) is 0.0290. The lowest BCUT2D eigenvalue weighted by molar-refractivity contribution is -0.365. The Morgan fingerprint density at radius 3 is 1.48 bits per heavy atom. The lowest BCUT2D eigenvalue weighted by atomic mass is 9.95. The Morgan fingerprint density at radius 1 is 0.506 bits per heavy atom. The summed E-state index contributed by atoms with van der Waals surface area (Å²) in [5.41, 5.74) is 0.648. The number of unbranched alkanes of at least 4 members (excludes halogenated alkanes) is 30. The van der Waals surface area contributed by atoms with Gasteiger partial charge in [0.1, 0.15) is 48.7 Å². The van der Waals surface area contributed by atoms with Crippen molar-refractivity contribution in [2.75, 3.05) is 40.6 Å². The number of aliphatic hydroxyl groups excluding tert-OH is 1.